The number of anilines is 1. The summed E-state index contributed by atoms with van der Waals surface area (Å²) >= 11 is 3.48. The van der Waals surface area contributed by atoms with Crippen LogP contribution in [0.2, 0.25) is 0 Å². The van der Waals surface area contributed by atoms with Crippen molar-refractivity contribution in [3.8, 4) is 0 Å². The molecule has 1 N–H and O–H groups in total. The monoisotopic (exact) mass is 285 g/mol. The third-order valence-electron chi connectivity index (χ3n) is 3.09. The highest BCUT2D eigenvalue weighted by Crippen LogP contribution is 2.27. The molecular weight excluding hydrogens is 266 g/mol. The summed E-state index contributed by atoms with van der Waals surface area (Å²) in [6.45, 7) is 4.48. The van der Waals surface area contributed by atoms with E-state index >= 15 is 0 Å². The normalized spacial score (nSPS) is 10.9. The summed E-state index contributed by atoms with van der Waals surface area (Å²) in [5, 5.41) is 9.34. The average molecular weight is 286 g/mol. The van der Waals surface area contributed by atoms with Crippen molar-refractivity contribution in [1.29, 1.82) is 0 Å². The van der Waals surface area contributed by atoms with Gasteiger partial charge < -0.3 is 10.0 Å². The van der Waals surface area contributed by atoms with Crippen LogP contribution in [-0.4, -0.2) is 18.2 Å². The molecule has 0 aliphatic carbocycles. The third-order valence-corrected chi connectivity index (χ3v) is 3.58. The van der Waals surface area contributed by atoms with Gasteiger partial charge in [-0.2, -0.15) is 0 Å². The number of benzene rings is 1. The van der Waals surface area contributed by atoms with E-state index in [-0.39, 0.29) is 6.61 Å². The van der Waals surface area contributed by atoms with Crippen LogP contribution in [0.3, 0.4) is 0 Å². The molecule has 0 unspecified atom stereocenters. The zero-order valence-corrected chi connectivity index (χ0v) is 11.8. The zero-order valence-electron chi connectivity index (χ0n) is 10.2. The fraction of sp³-hybridized carbons (Fsp3) is 0.538. The van der Waals surface area contributed by atoms with Gasteiger partial charge in [-0.15, -0.1) is 0 Å². The second-order valence-corrected chi connectivity index (χ2v) is 4.93. The first-order chi connectivity index (χ1) is 7.63. The topological polar surface area (TPSA) is 23.5 Å². The molecule has 90 valence electrons. The Labute approximate surface area is 106 Å². The van der Waals surface area contributed by atoms with Crippen molar-refractivity contribution in [2.24, 2.45) is 0 Å². The molecule has 0 aliphatic rings. The molecule has 3 heteroatoms. The molecule has 0 fully saturated rings. The highest BCUT2D eigenvalue weighted by molar-refractivity contribution is 9.10. The number of nitrogens with zero attached hydrogens (tertiary/aromatic N) is 1. The van der Waals surface area contributed by atoms with Crippen LogP contribution in [0.4, 0.5) is 5.69 Å². The number of hydrogen-bond donors (Lipinski definition) is 1. The molecule has 0 aromatic heterocycles. The molecule has 0 heterocycles. The van der Waals surface area contributed by atoms with Gasteiger partial charge in [0.1, 0.15) is 0 Å². The Morgan fingerprint density at radius 3 is 2.44 bits per heavy atom. The van der Waals surface area contributed by atoms with Gasteiger partial charge in [-0.25, -0.2) is 0 Å². The van der Waals surface area contributed by atoms with E-state index in [9.17, 15) is 5.11 Å². The van der Waals surface area contributed by atoms with Crippen molar-refractivity contribution >= 4 is 21.6 Å². The van der Waals surface area contributed by atoms with Crippen molar-refractivity contribution in [1.82, 2.24) is 0 Å². The minimum Gasteiger partial charge on any atom is -0.392 e. The Morgan fingerprint density at radius 1 is 1.31 bits per heavy atom. The van der Waals surface area contributed by atoms with Crippen LogP contribution in [0.1, 0.15) is 32.3 Å². The molecule has 0 aliphatic heterocycles. The van der Waals surface area contributed by atoms with Crippen LogP contribution in [0.15, 0.2) is 22.7 Å². The summed E-state index contributed by atoms with van der Waals surface area (Å²) in [5.74, 6) is 0. The lowest BCUT2D eigenvalue weighted by atomic mass is 10.1. The summed E-state index contributed by atoms with van der Waals surface area (Å²) in [7, 11) is 2.10. The smallest absolute Gasteiger partial charge is 0.0702 e. The number of aliphatic hydroxyl groups is 1. The van der Waals surface area contributed by atoms with Crippen LogP contribution in [0.25, 0.3) is 0 Å². The molecule has 1 aromatic rings. The quantitative estimate of drug-likeness (QED) is 0.894. The fourth-order valence-electron chi connectivity index (χ4n) is 2.03. The Bertz CT molecular complexity index is 337. The maximum atomic E-state index is 9.34. The summed E-state index contributed by atoms with van der Waals surface area (Å²) in [5.41, 5.74) is 2.10. The van der Waals surface area contributed by atoms with Crippen LogP contribution in [0.5, 0.6) is 0 Å². The largest absolute Gasteiger partial charge is 0.392 e. The van der Waals surface area contributed by atoms with Crippen LogP contribution in [0, 0.1) is 0 Å². The lowest BCUT2D eigenvalue weighted by Gasteiger charge is -2.30. The lowest BCUT2D eigenvalue weighted by molar-refractivity contribution is 0.282. The predicted octanol–water partition coefficient (Wildman–Crippen LogP) is 3.57. The van der Waals surface area contributed by atoms with Gasteiger partial charge in [0.05, 0.1) is 6.61 Å². The van der Waals surface area contributed by atoms with Crippen LogP contribution >= 0.6 is 15.9 Å². The third kappa shape index (κ3) is 2.98. The first-order valence-corrected chi connectivity index (χ1v) is 6.55. The van der Waals surface area contributed by atoms with E-state index in [1.165, 1.54) is 0 Å². The maximum Gasteiger partial charge on any atom is 0.0702 e. The van der Waals surface area contributed by atoms with Gasteiger partial charge in [-0.1, -0.05) is 35.8 Å². The SMILES string of the molecule is CCC(CC)N(C)c1cc(Br)ccc1CO. The summed E-state index contributed by atoms with van der Waals surface area (Å²) < 4.78 is 1.05. The first-order valence-electron chi connectivity index (χ1n) is 5.76. The van der Waals surface area contributed by atoms with Crippen molar-refractivity contribution in [3.05, 3.63) is 28.2 Å². The molecule has 0 saturated carbocycles. The van der Waals surface area contributed by atoms with Gasteiger partial charge in [-0.3, -0.25) is 0 Å². The Kier molecular flexibility index (Phi) is 5.29. The van der Waals surface area contributed by atoms with Gasteiger partial charge in [-0.05, 0) is 25.0 Å². The first kappa shape index (κ1) is 13.5. The van der Waals surface area contributed by atoms with E-state index < -0.39 is 0 Å². The molecule has 16 heavy (non-hydrogen) atoms. The van der Waals surface area contributed by atoms with Gasteiger partial charge in [0, 0.05) is 28.8 Å². The predicted molar refractivity (Wildman–Crippen MR) is 72.8 cm³/mol. The number of rotatable bonds is 5. The van der Waals surface area contributed by atoms with E-state index in [2.05, 4.69) is 47.8 Å². The van der Waals surface area contributed by atoms with E-state index in [0.29, 0.717) is 6.04 Å². The van der Waals surface area contributed by atoms with Gasteiger partial charge in [0.15, 0.2) is 0 Å². The second-order valence-electron chi connectivity index (χ2n) is 4.01. The van der Waals surface area contributed by atoms with Crippen LogP contribution < -0.4 is 4.90 Å². The van der Waals surface area contributed by atoms with Gasteiger partial charge >= 0.3 is 0 Å². The number of hydrogen-bond acceptors (Lipinski definition) is 2. The Balaban J connectivity index is 3.04. The van der Waals surface area contributed by atoms with Crippen molar-refractivity contribution in [2.45, 2.75) is 39.3 Å². The van der Waals surface area contributed by atoms with Crippen molar-refractivity contribution < 1.29 is 5.11 Å². The van der Waals surface area contributed by atoms with E-state index in [4.69, 9.17) is 0 Å². The second kappa shape index (κ2) is 6.26. The molecule has 0 atom stereocenters. The average Bonchev–Trinajstić information content (AvgIpc) is 2.30. The molecular formula is C13H20BrNO. The summed E-state index contributed by atoms with van der Waals surface area (Å²) in [6.07, 6.45) is 2.23. The Morgan fingerprint density at radius 2 is 1.94 bits per heavy atom. The highest BCUT2D eigenvalue weighted by Gasteiger charge is 2.14. The van der Waals surface area contributed by atoms with E-state index in [0.717, 1.165) is 28.6 Å². The molecule has 0 spiro atoms. The Hall–Kier alpha value is -0.540. The molecule has 1 aromatic carbocycles. The van der Waals surface area contributed by atoms with Crippen LogP contribution in [-0.2, 0) is 6.61 Å². The number of aliphatic hydroxyl groups excluding tert-OH is 1. The lowest BCUT2D eigenvalue weighted by Crippen LogP contribution is -2.31. The standard InChI is InChI=1S/C13H20BrNO/c1-4-12(5-2)15(3)13-8-11(14)7-6-10(13)9-16/h6-8,12,16H,4-5,9H2,1-3H3. The van der Waals surface area contributed by atoms with E-state index in [1.54, 1.807) is 0 Å². The maximum absolute atomic E-state index is 9.34. The minimum atomic E-state index is 0.0904. The fourth-order valence-corrected chi connectivity index (χ4v) is 2.38. The summed E-state index contributed by atoms with van der Waals surface area (Å²) in [6, 6.07) is 6.54. The number of halogens is 1. The van der Waals surface area contributed by atoms with Gasteiger partial charge in [0.25, 0.3) is 0 Å². The van der Waals surface area contributed by atoms with Crippen molar-refractivity contribution in [2.75, 3.05) is 11.9 Å². The van der Waals surface area contributed by atoms with Crippen molar-refractivity contribution in [3.63, 3.8) is 0 Å². The van der Waals surface area contributed by atoms with E-state index in [1.807, 2.05) is 12.1 Å². The molecule has 1 rings (SSSR count). The molecule has 0 bridgehead atoms. The van der Waals surface area contributed by atoms with Gasteiger partial charge in [0.2, 0.25) is 0 Å². The zero-order chi connectivity index (χ0) is 12.1. The minimum absolute atomic E-state index is 0.0904. The molecule has 0 amide bonds. The molecule has 0 radical (unpaired) electrons. The highest BCUT2D eigenvalue weighted by atomic mass is 79.9. The molecule has 0 saturated heterocycles. The molecule has 2 nitrogen and oxygen atoms in total. The summed E-state index contributed by atoms with van der Waals surface area (Å²) in [4.78, 5) is 2.26.